The van der Waals surface area contributed by atoms with Crippen LogP contribution >= 0.6 is 23.5 Å². The van der Waals surface area contributed by atoms with Gasteiger partial charge in [-0.05, 0) is 146 Å². The van der Waals surface area contributed by atoms with E-state index in [4.69, 9.17) is 61.9 Å². The number of amides is 5. The predicted octanol–water partition coefficient (Wildman–Crippen LogP) is 12.2. The summed E-state index contributed by atoms with van der Waals surface area (Å²) in [6.45, 7) is 6.26. The van der Waals surface area contributed by atoms with Crippen molar-refractivity contribution in [1.29, 1.82) is 0 Å². The van der Waals surface area contributed by atoms with E-state index in [-0.39, 0.29) is 83.5 Å². The Morgan fingerprint density at radius 3 is 1.14 bits per heavy atom. The number of urea groups is 2. The molecule has 6 atom stereocenters. The van der Waals surface area contributed by atoms with Gasteiger partial charge in [0.05, 0.1) is 96.8 Å². The molecule has 552 valence electrons. The van der Waals surface area contributed by atoms with Gasteiger partial charge in [0, 0.05) is 129 Å². The number of thioether (sulfide) groups is 2. The molecule has 4 fully saturated rings. The van der Waals surface area contributed by atoms with Gasteiger partial charge in [-0.1, -0.05) is 12.8 Å². The molecular weight excluding hydrogens is 1310 g/mol. The van der Waals surface area contributed by atoms with Crippen LogP contribution in [0.3, 0.4) is 0 Å². The highest BCUT2D eigenvalue weighted by Crippen LogP contribution is 2.41. The monoisotopic (exact) mass is 1430 g/mol. The van der Waals surface area contributed by atoms with Gasteiger partial charge in [0.15, 0.2) is 23.1 Å². The van der Waals surface area contributed by atoms with Crippen LogP contribution in [0, 0.1) is 37.0 Å². The van der Waals surface area contributed by atoms with E-state index in [2.05, 4.69) is 44.3 Å². The number of carbonyl (C=O) groups is 7. The van der Waals surface area contributed by atoms with Gasteiger partial charge in [-0.3, -0.25) is 24.0 Å². The van der Waals surface area contributed by atoms with E-state index in [1.165, 1.54) is 0 Å². The van der Waals surface area contributed by atoms with Crippen molar-refractivity contribution in [2.45, 2.75) is 221 Å². The van der Waals surface area contributed by atoms with Crippen LogP contribution in [0.1, 0.15) is 217 Å². The standard InChI is InChI=1S/C77H111N5O16S2/c1-4-7-10-21-40-96-68-54-60(55-69(97-41-22-11-8-5-2)74(68)98-42-23-12-9-6-3)75(87)78-61-52-58(66(85)32-19-26-38-92-45-49-94-47-43-90-36-24-17-30-62(83)28-13-15-34-70-72-64(56-99-70)79-76(88)81-72)51-59(53-61)67(86)33-20-27-39-93-46-50-95-48-44-91-37-25-18-31-63(84)29-14-16-35-71-73-65(57-100-71)80-77(89)82-73/h1-3,51-55,64-65,70-73H,7-50,56-57H2,(H,78,87)(H2,79,81,88)(H2,80,82,89). The molecule has 5 amide bonds. The highest BCUT2D eigenvalue weighted by molar-refractivity contribution is 8.00. The fourth-order valence-corrected chi connectivity index (χ4v) is 15.2. The summed E-state index contributed by atoms with van der Waals surface area (Å²) in [5.41, 5.74) is 1.07. The Labute approximate surface area is 602 Å². The lowest BCUT2D eigenvalue weighted by molar-refractivity contribution is -0.120. The molecule has 4 heterocycles. The number of terminal acetylenes is 3. The number of anilines is 1. The van der Waals surface area contributed by atoms with Gasteiger partial charge in [-0.2, -0.15) is 23.5 Å². The Kier molecular flexibility index (Phi) is 42.1. The quantitative estimate of drug-likeness (QED) is 0.0178. The number of unbranched alkanes of at least 4 members (excludes halogenated alkanes) is 12. The lowest BCUT2D eigenvalue weighted by Gasteiger charge is -2.19. The van der Waals surface area contributed by atoms with Gasteiger partial charge in [0.1, 0.15) is 11.6 Å². The zero-order valence-electron chi connectivity index (χ0n) is 59.0. The molecule has 2 aromatic rings. The van der Waals surface area contributed by atoms with Crippen molar-refractivity contribution in [1.82, 2.24) is 21.3 Å². The van der Waals surface area contributed by atoms with Crippen molar-refractivity contribution in [2.75, 3.05) is 116 Å². The zero-order valence-corrected chi connectivity index (χ0v) is 60.6. The fraction of sp³-hybridized carbons (Fsp3) is 0.675. The number of ether oxygens (including phenoxy) is 9. The number of hydrogen-bond donors (Lipinski definition) is 5. The van der Waals surface area contributed by atoms with Crippen LogP contribution in [0.4, 0.5) is 15.3 Å². The third-order valence-electron chi connectivity index (χ3n) is 17.7. The molecule has 21 nitrogen and oxygen atoms in total. The number of rotatable bonds is 61. The first-order valence-electron chi connectivity index (χ1n) is 36.7. The van der Waals surface area contributed by atoms with Crippen molar-refractivity contribution in [2.24, 2.45) is 0 Å². The van der Waals surface area contributed by atoms with Gasteiger partial charge in [-0.15, -0.1) is 37.0 Å². The first-order chi connectivity index (χ1) is 49.0. The van der Waals surface area contributed by atoms with Crippen LogP contribution in [-0.2, 0) is 38.0 Å². The maximum Gasteiger partial charge on any atom is 0.315 e. The predicted molar refractivity (Wildman–Crippen MR) is 392 cm³/mol. The number of fused-ring (bicyclic) bond motifs is 2. The molecular formula is C77H111N5O16S2. The van der Waals surface area contributed by atoms with E-state index in [1.807, 2.05) is 23.5 Å². The molecule has 0 aliphatic carbocycles. The van der Waals surface area contributed by atoms with Gasteiger partial charge in [0.25, 0.3) is 5.91 Å². The molecule has 4 saturated heterocycles. The Morgan fingerprint density at radius 1 is 0.400 bits per heavy atom. The molecule has 5 N–H and O–H groups in total. The molecule has 0 aromatic heterocycles. The smallest absolute Gasteiger partial charge is 0.315 e. The summed E-state index contributed by atoms with van der Waals surface area (Å²) in [7, 11) is 0. The number of hydrogen-bond acceptors (Lipinski definition) is 18. The molecule has 0 bridgehead atoms. The second kappa shape index (κ2) is 50.9. The molecule has 6 rings (SSSR count). The molecule has 0 radical (unpaired) electrons. The second-order valence-electron chi connectivity index (χ2n) is 25.7. The molecule has 4 aliphatic rings. The maximum atomic E-state index is 14.4. The van der Waals surface area contributed by atoms with Crippen LogP contribution in [0.25, 0.3) is 0 Å². The number of benzene rings is 2. The summed E-state index contributed by atoms with van der Waals surface area (Å²) in [4.78, 5) is 90.4. The number of Topliss-reactive ketones (excluding diaryl/α,β-unsaturated/α-hetero) is 4. The van der Waals surface area contributed by atoms with Crippen LogP contribution < -0.4 is 40.8 Å². The van der Waals surface area contributed by atoms with E-state index >= 15 is 0 Å². The van der Waals surface area contributed by atoms with Gasteiger partial charge >= 0.3 is 12.1 Å². The first kappa shape index (κ1) is 82.6. The minimum atomic E-state index is -0.520. The number of nitrogens with one attached hydrogen (secondary N) is 5. The summed E-state index contributed by atoms with van der Waals surface area (Å²) in [5, 5.41) is 15.8. The minimum Gasteiger partial charge on any atom is -0.490 e. The summed E-state index contributed by atoms with van der Waals surface area (Å²) < 4.78 is 53.3. The molecule has 2 aromatic carbocycles. The maximum absolute atomic E-state index is 14.4. The lowest BCUT2D eigenvalue weighted by atomic mass is 9.98. The molecule has 0 spiro atoms. The van der Waals surface area contributed by atoms with Crippen molar-refractivity contribution < 1.29 is 76.2 Å². The van der Waals surface area contributed by atoms with Crippen molar-refractivity contribution in [3.8, 4) is 54.3 Å². The first-order valence-corrected chi connectivity index (χ1v) is 38.8. The van der Waals surface area contributed by atoms with Gasteiger partial charge < -0.3 is 69.2 Å². The Morgan fingerprint density at radius 2 is 0.750 bits per heavy atom. The van der Waals surface area contributed by atoms with Crippen LogP contribution in [0.2, 0.25) is 0 Å². The van der Waals surface area contributed by atoms with E-state index in [0.717, 1.165) is 95.0 Å². The molecule has 0 saturated carbocycles. The van der Waals surface area contributed by atoms with E-state index in [1.54, 1.807) is 30.3 Å². The minimum absolute atomic E-state index is 0.0703. The number of carbonyl (C=O) groups excluding carboxylic acids is 7. The van der Waals surface area contributed by atoms with Gasteiger partial charge in [-0.25, -0.2) is 9.59 Å². The van der Waals surface area contributed by atoms with E-state index in [9.17, 15) is 33.6 Å². The third-order valence-corrected chi connectivity index (χ3v) is 20.7. The number of ketones is 4. The van der Waals surface area contributed by atoms with E-state index < -0.39 is 5.91 Å². The van der Waals surface area contributed by atoms with E-state index in [0.29, 0.717) is 228 Å². The molecule has 6 unspecified atom stereocenters. The molecule has 4 aliphatic heterocycles. The van der Waals surface area contributed by atoms with Crippen molar-refractivity contribution >= 4 is 70.3 Å². The average Bonchev–Trinajstić information content (AvgIpc) is 1.42. The van der Waals surface area contributed by atoms with Crippen molar-refractivity contribution in [3.63, 3.8) is 0 Å². The summed E-state index contributed by atoms with van der Waals surface area (Å²) in [6.07, 6.45) is 36.6. The highest BCUT2D eigenvalue weighted by Gasteiger charge is 2.43. The Bertz CT molecular complexity index is 2770. The topological polar surface area (TPSA) is 263 Å². The third kappa shape index (κ3) is 33.2. The largest absolute Gasteiger partial charge is 0.490 e. The zero-order chi connectivity index (χ0) is 71.0. The average molecular weight is 1430 g/mol. The second-order valence-corrected chi connectivity index (χ2v) is 28.3. The molecule has 100 heavy (non-hydrogen) atoms. The fourth-order valence-electron chi connectivity index (χ4n) is 12.1. The van der Waals surface area contributed by atoms with Crippen LogP contribution in [0.5, 0.6) is 17.2 Å². The Balaban J connectivity index is 0.896. The SMILES string of the molecule is C#CCCCCOc1cc(C(=O)Nc2cc(C(=O)CCCCOCCOCCOCCCCC(=O)CCCCC3SCC4NC(=O)NC43)cc(C(=O)CCCCOCCOCCOCCCCC(=O)CCCCC3SCC4NC(=O)NC43)c2)cc(OCCCCC#C)c1OCCCCC#C. The normalized spacial score (nSPS) is 18.0. The summed E-state index contributed by atoms with van der Waals surface area (Å²) in [6, 6.07) is 8.73. The Hall–Kier alpha value is -6.33. The highest BCUT2D eigenvalue weighted by atomic mass is 32.2. The van der Waals surface area contributed by atoms with Crippen molar-refractivity contribution in [3.05, 3.63) is 47.0 Å². The van der Waals surface area contributed by atoms with Crippen LogP contribution in [-0.4, -0.2) is 186 Å². The lowest BCUT2D eigenvalue weighted by Crippen LogP contribution is -2.36. The molecule has 23 heteroatoms. The van der Waals surface area contributed by atoms with Gasteiger partial charge in [0.2, 0.25) is 5.75 Å². The summed E-state index contributed by atoms with van der Waals surface area (Å²) in [5.74, 6) is 10.6. The van der Waals surface area contributed by atoms with Crippen LogP contribution in [0.15, 0.2) is 30.3 Å². The summed E-state index contributed by atoms with van der Waals surface area (Å²) >= 11 is 3.81.